The van der Waals surface area contributed by atoms with E-state index in [4.69, 9.17) is 0 Å². The molecule has 0 spiro atoms. The van der Waals surface area contributed by atoms with Crippen LogP contribution in [0.15, 0.2) is 17.5 Å². The molecule has 2 atom stereocenters. The lowest BCUT2D eigenvalue weighted by atomic mass is 9.89. The van der Waals surface area contributed by atoms with Crippen LogP contribution in [0.2, 0.25) is 0 Å². The number of hydrogen-bond acceptors (Lipinski definition) is 5. The smallest absolute Gasteiger partial charge is 0.289 e. The molecule has 4 heterocycles. The fourth-order valence-corrected chi connectivity index (χ4v) is 4.76. The van der Waals surface area contributed by atoms with Crippen molar-refractivity contribution in [2.24, 2.45) is 11.8 Å². The lowest BCUT2D eigenvalue weighted by molar-refractivity contribution is 0.0932. The lowest BCUT2D eigenvalue weighted by Gasteiger charge is -2.25. The first kappa shape index (κ1) is 14.6. The quantitative estimate of drug-likeness (QED) is 0.915. The Hall–Kier alpha value is -1.73. The van der Waals surface area contributed by atoms with Gasteiger partial charge in [-0.3, -0.25) is 9.69 Å². The summed E-state index contributed by atoms with van der Waals surface area (Å²) >= 11 is 1.83. The first-order valence-corrected chi connectivity index (χ1v) is 9.62. The first-order chi connectivity index (χ1) is 11.8. The summed E-state index contributed by atoms with van der Waals surface area (Å²) in [4.78, 5) is 16.3. The van der Waals surface area contributed by atoms with Gasteiger partial charge in [-0.1, -0.05) is 6.07 Å². The number of aromatic nitrogens is 3. The van der Waals surface area contributed by atoms with Gasteiger partial charge in [-0.15, -0.1) is 21.5 Å². The highest BCUT2D eigenvalue weighted by Crippen LogP contribution is 2.33. The van der Waals surface area contributed by atoms with Crippen molar-refractivity contribution in [3.8, 4) is 0 Å². The highest BCUT2D eigenvalue weighted by molar-refractivity contribution is 7.09. The Morgan fingerprint density at radius 2 is 2.12 bits per heavy atom. The zero-order chi connectivity index (χ0) is 16.1. The predicted octanol–water partition coefficient (Wildman–Crippen LogP) is 1.54. The van der Waals surface area contributed by atoms with E-state index in [1.807, 2.05) is 11.3 Å². The topological polar surface area (TPSA) is 63.1 Å². The molecule has 0 aromatic carbocycles. The summed E-state index contributed by atoms with van der Waals surface area (Å²) in [6.45, 7) is 4.14. The number of carbonyl (C=O) groups is 1. The number of likely N-dealkylation sites (tertiary alicyclic amines) is 1. The molecule has 0 radical (unpaired) electrons. The molecular weight excluding hydrogens is 322 g/mol. The lowest BCUT2D eigenvalue weighted by Crippen LogP contribution is -2.33. The van der Waals surface area contributed by atoms with Crippen molar-refractivity contribution >= 4 is 17.2 Å². The molecule has 2 aliphatic heterocycles. The van der Waals surface area contributed by atoms with E-state index in [9.17, 15) is 4.79 Å². The van der Waals surface area contributed by atoms with Crippen LogP contribution < -0.4 is 5.32 Å². The second kappa shape index (κ2) is 5.67. The molecule has 0 unspecified atom stereocenters. The molecule has 126 valence electrons. The second-order valence-electron chi connectivity index (χ2n) is 7.30. The van der Waals surface area contributed by atoms with Gasteiger partial charge >= 0.3 is 0 Å². The number of amides is 1. The van der Waals surface area contributed by atoms with Gasteiger partial charge in [0.25, 0.3) is 5.91 Å². The van der Waals surface area contributed by atoms with Crippen LogP contribution in [0.3, 0.4) is 0 Å². The van der Waals surface area contributed by atoms with Gasteiger partial charge in [-0.2, -0.15) is 0 Å². The highest BCUT2D eigenvalue weighted by atomic mass is 32.1. The molecule has 1 N–H and O–H groups in total. The number of carbonyl (C=O) groups excluding carboxylic acids is 1. The van der Waals surface area contributed by atoms with Crippen molar-refractivity contribution in [3.05, 3.63) is 34.0 Å². The number of thiophene rings is 1. The Morgan fingerprint density at radius 3 is 2.92 bits per heavy atom. The van der Waals surface area contributed by atoms with Crippen LogP contribution in [-0.2, 0) is 19.5 Å². The maximum Gasteiger partial charge on any atom is 0.289 e. The average molecular weight is 343 g/mol. The monoisotopic (exact) mass is 343 g/mol. The number of hydrogen-bond donors (Lipinski definition) is 1. The van der Waals surface area contributed by atoms with Crippen molar-refractivity contribution < 1.29 is 4.79 Å². The summed E-state index contributed by atoms with van der Waals surface area (Å²) in [7, 11) is 0. The molecule has 6 nitrogen and oxygen atoms in total. The Morgan fingerprint density at radius 1 is 1.25 bits per heavy atom. The van der Waals surface area contributed by atoms with E-state index in [1.54, 1.807) is 0 Å². The third kappa shape index (κ3) is 2.65. The molecule has 1 saturated carbocycles. The summed E-state index contributed by atoms with van der Waals surface area (Å²) in [5.74, 6) is 2.67. The Kier molecular flexibility index (Phi) is 3.45. The Bertz CT molecular complexity index is 751. The highest BCUT2D eigenvalue weighted by Gasteiger charge is 2.39. The van der Waals surface area contributed by atoms with Crippen LogP contribution >= 0.6 is 11.3 Å². The Labute approximate surface area is 144 Å². The molecule has 0 bridgehead atoms. The van der Waals surface area contributed by atoms with Crippen LogP contribution in [0.1, 0.15) is 34.2 Å². The van der Waals surface area contributed by atoms with Crippen molar-refractivity contribution in [1.29, 1.82) is 0 Å². The van der Waals surface area contributed by atoms with Crippen molar-refractivity contribution in [2.45, 2.75) is 38.4 Å². The molecule has 2 fully saturated rings. The molecule has 3 aliphatic rings. The zero-order valence-electron chi connectivity index (χ0n) is 13.5. The van der Waals surface area contributed by atoms with Gasteiger partial charge in [0, 0.05) is 43.5 Å². The average Bonchev–Trinajstić information content (AvgIpc) is 2.99. The van der Waals surface area contributed by atoms with E-state index in [0.717, 1.165) is 51.3 Å². The fourth-order valence-electron chi connectivity index (χ4n) is 4.02. The second-order valence-corrected chi connectivity index (χ2v) is 8.33. The molecule has 7 heteroatoms. The van der Waals surface area contributed by atoms with Crippen LogP contribution in [0, 0.1) is 11.8 Å². The summed E-state index contributed by atoms with van der Waals surface area (Å²) in [6, 6.07) is 4.69. The van der Waals surface area contributed by atoms with Gasteiger partial charge in [-0.05, 0) is 36.1 Å². The van der Waals surface area contributed by atoms with Gasteiger partial charge in [0.2, 0.25) is 5.82 Å². The van der Waals surface area contributed by atoms with Crippen molar-refractivity contribution in [1.82, 2.24) is 25.0 Å². The third-order valence-electron chi connectivity index (χ3n) is 5.42. The van der Waals surface area contributed by atoms with E-state index < -0.39 is 0 Å². The summed E-state index contributed by atoms with van der Waals surface area (Å²) in [5.41, 5.74) is 0. The van der Waals surface area contributed by atoms with Gasteiger partial charge in [0.1, 0.15) is 5.82 Å². The van der Waals surface area contributed by atoms with Crippen LogP contribution in [0.5, 0.6) is 0 Å². The minimum atomic E-state index is -0.0526. The molecule has 24 heavy (non-hydrogen) atoms. The number of nitrogens with zero attached hydrogens (tertiary/aromatic N) is 4. The van der Waals surface area contributed by atoms with Crippen LogP contribution in [0.25, 0.3) is 0 Å². The van der Waals surface area contributed by atoms with Crippen LogP contribution in [0.4, 0.5) is 0 Å². The van der Waals surface area contributed by atoms with E-state index >= 15 is 0 Å². The summed E-state index contributed by atoms with van der Waals surface area (Å²) in [6.07, 6.45) is 3.12. The zero-order valence-corrected chi connectivity index (χ0v) is 14.3. The largest absolute Gasteiger partial charge is 0.347 e. The first-order valence-electron chi connectivity index (χ1n) is 8.74. The van der Waals surface area contributed by atoms with E-state index in [1.165, 1.54) is 4.88 Å². The molecule has 2 aromatic rings. The minimum Gasteiger partial charge on any atom is -0.347 e. The molecule has 1 aliphatic carbocycles. The molecule has 5 rings (SSSR count). The SMILES string of the molecule is O=C(NC1CC1)c1nnc2n1C[C@@H]1CN(Cc3cccs3)C[C@H]1C2. The molecule has 1 saturated heterocycles. The molecule has 2 aromatic heterocycles. The fraction of sp³-hybridized carbons (Fsp3) is 0.588. The molecule has 1 amide bonds. The normalized spacial score (nSPS) is 26.2. The van der Waals surface area contributed by atoms with Crippen LogP contribution in [-0.4, -0.2) is 44.7 Å². The summed E-state index contributed by atoms with van der Waals surface area (Å²) in [5, 5.41) is 13.7. The number of fused-ring (bicyclic) bond motifs is 2. The molecular formula is C17H21N5OS. The predicted molar refractivity (Wildman–Crippen MR) is 90.8 cm³/mol. The maximum absolute atomic E-state index is 12.4. The van der Waals surface area contributed by atoms with Crippen molar-refractivity contribution in [2.75, 3.05) is 13.1 Å². The standard InChI is InChI=1S/C17H21N5OS/c23-17(18-13-3-4-13)16-20-19-15-6-11-7-21(8-12(11)9-22(15)16)10-14-2-1-5-24-14/h1-2,5,11-13H,3-4,6-10H2,(H,18,23)/t11-,12+/m1/s1. The van der Waals surface area contributed by atoms with Gasteiger partial charge in [0.05, 0.1) is 0 Å². The third-order valence-corrected chi connectivity index (χ3v) is 6.28. The number of rotatable bonds is 4. The van der Waals surface area contributed by atoms with E-state index in [-0.39, 0.29) is 5.91 Å². The maximum atomic E-state index is 12.4. The minimum absolute atomic E-state index is 0.0526. The Balaban J connectivity index is 1.30. The van der Waals surface area contributed by atoms with Gasteiger partial charge in [-0.25, -0.2) is 0 Å². The van der Waals surface area contributed by atoms with Crippen molar-refractivity contribution in [3.63, 3.8) is 0 Å². The van der Waals surface area contributed by atoms with Gasteiger partial charge < -0.3 is 9.88 Å². The summed E-state index contributed by atoms with van der Waals surface area (Å²) < 4.78 is 2.06. The van der Waals surface area contributed by atoms with Gasteiger partial charge in [0.15, 0.2) is 0 Å². The van der Waals surface area contributed by atoms with E-state index in [2.05, 4.69) is 42.5 Å². The number of nitrogens with one attached hydrogen (secondary N) is 1. The van der Waals surface area contributed by atoms with E-state index in [0.29, 0.717) is 23.7 Å².